The number of pyridine rings is 2. The lowest BCUT2D eigenvalue weighted by Gasteiger charge is -2.24. The van der Waals surface area contributed by atoms with Crippen molar-refractivity contribution in [1.82, 2.24) is 19.8 Å². The first kappa shape index (κ1) is 22.4. The van der Waals surface area contributed by atoms with E-state index in [4.69, 9.17) is 0 Å². The molecule has 1 fully saturated rings. The molecule has 168 valence electrons. The Morgan fingerprint density at radius 2 is 1.73 bits per heavy atom. The van der Waals surface area contributed by atoms with Crippen LogP contribution >= 0.6 is 0 Å². The van der Waals surface area contributed by atoms with Crippen LogP contribution in [0.1, 0.15) is 11.1 Å². The zero-order valence-corrected chi connectivity index (χ0v) is 18.6. The summed E-state index contributed by atoms with van der Waals surface area (Å²) in [5.41, 5.74) is 4.16. The minimum absolute atomic E-state index is 0.0225. The van der Waals surface area contributed by atoms with E-state index < -0.39 is 0 Å². The molecule has 1 atom stereocenters. The van der Waals surface area contributed by atoms with Crippen LogP contribution in [0.4, 0.5) is 0 Å². The van der Waals surface area contributed by atoms with E-state index >= 15 is 0 Å². The molecule has 2 amide bonds. The fourth-order valence-electron chi connectivity index (χ4n) is 4.21. The third-order valence-corrected chi connectivity index (χ3v) is 5.97. The molecular formula is C27H28N4O2. The van der Waals surface area contributed by atoms with Gasteiger partial charge in [-0.1, -0.05) is 36.4 Å². The zero-order valence-electron chi connectivity index (χ0n) is 18.6. The average Bonchev–Trinajstić information content (AvgIpc) is 3.00. The lowest BCUT2D eigenvalue weighted by atomic mass is 9.95. The van der Waals surface area contributed by atoms with Crippen molar-refractivity contribution in [3.8, 4) is 11.1 Å². The van der Waals surface area contributed by atoms with Crippen molar-refractivity contribution in [3.05, 3.63) is 97.1 Å². The maximum absolute atomic E-state index is 13.3. The van der Waals surface area contributed by atoms with Crippen LogP contribution in [0.15, 0.2) is 86.0 Å². The first-order valence-corrected chi connectivity index (χ1v) is 11.2. The van der Waals surface area contributed by atoms with E-state index in [1.165, 1.54) is 0 Å². The molecule has 6 nitrogen and oxygen atoms in total. The Labute approximate surface area is 194 Å². The lowest BCUT2D eigenvalue weighted by molar-refractivity contribution is -0.134. The van der Waals surface area contributed by atoms with Gasteiger partial charge in [-0.2, -0.15) is 0 Å². The van der Waals surface area contributed by atoms with E-state index in [9.17, 15) is 9.59 Å². The molecule has 4 rings (SSSR count). The highest BCUT2D eigenvalue weighted by molar-refractivity contribution is 5.83. The Morgan fingerprint density at radius 1 is 0.970 bits per heavy atom. The van der Waals surface area contributed by atoms with E-state index in [1.54, 1.807) is 35.8 Å². The summed E-state index contributed by atoms with van der Waals surface area (Å²) in [5.74, 6) is -0.198. The molecule has 0 bridgehead atoms. The monoisotopic (exact) mass is 440 g/mol. The molecule has 3 heterocycles. The van der Waals surface area contributed by atoms with Crippen molar-refractivity contribution in [2.24, 2.45) is 5.92 Å². The topological polar surface area (TPSA) is 66.4 Å². The van der Waals surface area contributed by atoms with Gasteiger partial charge >= 0.3 is 0 Å². The highest BCUT2D eigenvalue weighted by atomic mass is 16.2. The van der Waals surface area contributed by atoms with Gasteiger partial charge in [0, 0.05) is 51.0 Å². The number of hydrogen-bond acceptors (Lipinski definition) is 4. The summed E-state index contributed by atoms with van der Waals surface area (Å²) in [7, 11) is 0. The Morgan fingerprint density at radius 3 is 2.42 bits per heavy atom. The maximum Gasteiger partial charge on any atom is 0.228 e. The van der Waals surface area contributed by atoms with E-state index in [0.29, 0.717) is 32.6 Å². The average molecular weight is 441 g/mol. The molecule has 3 aromatic rings. The molecule has 0 saturated carbocycles. The van der Waals surface area contributed by atoms with Gasteiger partial charge in [-0.3, -0.25) is 19.6 Å². The van der Waals surface area contributed by atoms with Gasteiger partial charge in [-0.25, -0.2) is 0 Å². The number of amides is 2. The number of carbonyl (C=O) groups is 2. The quantitative estimate of drug-likeness (QED) is 0.528. The minimum atomic E-state index is -0.294. The first-order valence-electron chi connectivity index (χ1n) is 11.2. The highest BCUT2D eigenvalue weighted by Crippen LogP contribution is 2.22. The number of rotatable bonds is 7. The maximum atomic E-state index is 13.3. The van der Waals surface area contributed by atoms with Gasteiger partial charge < -0.3 is 9.80 Å². The van der Waals surface area contributed by atoms with Crippen molar-refractivity contribution >= 4 is 11.8 Å². The molecule has 1 aromatic carbocycles. The Bertz CT molecular complexity index is 1080. The van der Waals surface area contributed by atoms with Crippen molar-refractivity contribution in [3.63, 3.8) is 0 Å². The van der Waals surface area contributed by atoms with Crippen LogP contribution in [0, 0.1) is 5.92 Å². The van der Waals surface area contributed by atoms with Gasteiger partial charge in [-0.05, 0) is 46.9 Å². The Hall–Kier alpha value is -3.80. The van der Waals surface area contributed by atoms with Crippen LogP contribution in [0.2, 0.25) is 0 Å². The normalized spacial score (nSPS) is 16.4. The molecule has 0 spiro atoms. The molecule has 2 aromatic heterocycles. The number of benzene rings is 1. The molecule has 1 aliphatic heterocycles. The van der Waals surface area contributed by atoms with Gasteiger partial charge in [0.05, 0.1) is 12.3 Å². The largest absolute Gasteiger partial charge is 0.340 e. The predicted octanol–water partition coefficient (Wildman–Crippen LogP) is 3.40. The van der Waals surface area contributed by atoms with E-state index in [1.807, 2.05) is 29.2 Å². The summed E-state index contributed by atoms with van der Waals surface area (Å²) in [5, 5.41) is 0. The molecule has 1 aliphatic rings. The molecule has 33 heavy (non-hydrogen) atoms. The van der Waals surface area contributed by atoms with Crippen molar-refractivity contribution < 1.29 is 9.59 Å². The first-order chi connectivity index (χ1) is 16.1. The summed E-state index contributed by atoms with van der Waals surface area (Å²) < 4.78 is 0. The zero-order chi connectivity index (χ0) is 23.0. The summed E-state index contributed by atoms with van der Waals surface area (Å²) in [4.78, 5) is 38.1. The molecule has 6 heteroatoms. The fraction of sp³-hybridized carbons (Fsp3) is 0.259. The van der Waals surface area contributed by atoms with Gasteiger partial charge in [-0.15, -0.1) is 6.58 Å². The van der Waals surface area contributed by atoms with Gasteiger partial charge in [0.1, 0.15) is 0 Å². The summed E-state index contributed by atoms with van der Waals surface area (Å²) in [6.07, 6.45) is 9.58. The lowest BCUT2D eigenvalue weighted by Crippen LogP contribution is -2.38. The second-order valence-electron chi connectivity index (χ2n) is 8.28. The molecule has 1 saturated heterocycles. The Kier molecular flexibility index (Phi) is 7.25. The molecule has 0 N–H and O–H groups in total. The van der Waals surface area contributed by atoms with Gasteiger partial charge in [0.2, 0.25) is 11.8 Å². The van der Waals surface area contributed by atoms with Crippen LogP contribution < -0.4 is 0 Å². The van der Waals surface area contributed by atoms with E-state index in [-0.39, 0.29) is 24.2 Å². The van der Waals surface area contributed by atoms with Gasteiger partial charge in [0.25, 0.3) is 0 Å². The molecule has 1 unspecified atom stereocenters. The van der Waals surface area contributed by atoms with E-state index in [0.717, 1.165) is 22.3 Å². The van der Waals surface area contributed by atoms with Crippen LogP contribution in [0.3, 0.4) is 0 Å². The Balaban J connectivity index is 1.50. The van der Waals surface area contributed by atoms with Crippen molar-refractivity contribution in [2.75, 3.05) is 26.2 Å². The summed E-state index contributed by atoms with van der Waals surface area (Å²) in [6.45, 7) is 5.73. The summed E-state index contributed by atoms with van der Waals surface area (Å²) >= 11 is 0. The van der Waals surface area contributed by atoms with Crippen LogP contribution in [-0.4, -0.2) is 57.8 Å². The molecule has 0 radical (unpaired) electrons. The summed E-state index contributed by atoms with van der Waals surface area (Å²) in [6, 6.07) is 15.9. The molecular weight excluding hydrogens is 412 g/mol. The third kappa shape index (κ3) is 5.71. The number of nitrogens with zero attached hydrogens (tertiary/aromatic N) is 4. The van der Waals surface area contributed by atoms with Crippen LogP contribution in [0.5, 0.6) is 0 Å². The number of aromatic nitrogens is 2. The highest BCUT2D eigenvalue weighted by Gasteiger charge is 2.31. The van der Waals surface area contributed by atoms with Crippen molar-refractivity contribution in [1.29, 1.82) is 0 Å². The van der Waals surface area contributed by atoms with Crippen LogP contribution in [0.25, 0.3) is 11.1 Å². The molecule has 0 aliphatic carbocycles. The standard InChI is InChI=1S/C27H28N4O2/c1-2-14-30-15-16-31(26(32)18-22-4-3-11-29-19-22)20-25(27(30)33)17-21-5-7-23(8-6-21)24-9-12-28-13-10-24/h2-13,19,25H,1,14-18,20H2. The fourth-order valence-corrected chi connectivity index (χ4v) is 4.21. The minimum Gasteiger partial charge on any atom is -0.340 e. The third-order valence-electron chi connectivity index (χ3n) is 5.97. The smallest absolute Gasteiger partial charge is 0.228 e. The van der Waals surface area contributed by atoms with Crippen molar-refractivity contribution in [2.45, 2.75) is 12.8 Å². The van der Waals surface area contributed by atoms with Gasteiger partial charge in [0.15, 0.2) is 0 Å². The van der Waals surface area contributed by atoms with E-state index in [2.05, 4.69) is 40.8 Å². The second kappa shape index (κ2) is 10.7. The number of carbonyl (C=O) groups excluding carboxylic acids is 2. The van der Waals surface area contributed by atoms with Crippen LogP contribution in [-0.2, 0) is 22.4 Å². The predicted molar refractivity (Wildman–Crippen MR) is 128 cm³/mol. The second-order valence-corrected chi connectivity index (χ2v) is 8.28. The number of hydrogen-bond donors (Lipinski definition) is 0. The SMILES string of the molecule is C=CCN1CCN(C(=O)Cc2cccnc2)CC(Cc2ccc(-c3ccncc3)cc2)C1=O.